The molecule has 84 valence electrons. The summed E-state index contributed by atoms with van der Waals surface area (Å²) in [5, 5.41) is 6.14. The molecule has 0 aliphatic carbocycles. The number of ether oxygens (including phenoxy) is 1. The minimum atomic E-state index is -0.0999. The van der Waals surface area contributed by atoms with Gasteiger partial charge in [0.25, 0.3) is 0 Å². The van der Waals surface area contributed by atoms with E-state index in [9.17, 15) is 4.79 Å². The minimum Gasteiger partial charge on any atom is -0.496 e. The SMILES string of the molecule is CCC(=O)Nc1ccc(OC)c(N=[N+]=[N-])c1. The van der Waals surface area contributed by atoms with Gasteiger partial charge in [0.1, 0.15) is 5.75 Å². The summed E-state index contributed by atoms with van der Waals surface area (Å²) < 4.78 is 5.01. The fourth-order valence-electron chi connectivity index (χ4n) is 1.14. The molecule has 0 heterocycles. The summed E-state index contributed by atoms with van der Waals surface area (Å²) in [5.41, 5.74) is 9.30. The Balaban J connectivity index is 3.01. The van der Waals surface area contributed by atoms with Crippen LogP contribution in [-0.2, 0) is 4.79 Å². The number of nitrogens with zero attached hydrogens (tertiary/aromatic N) is 3. The molecule has 6 heteroatoms. The maximum absolute atomic E-state index is 11.2. The van der Waals surface area contributed by atoms with Crippen LogP contribution < -0.4 is 10.1 Å². The highest BCUT2D eigenvalue weighted by Crippen LogP contribution is 2.30. The second-order valence-electron chi connectivity index (χ2n) is 2.98. The van der Waals surface area contributed by atoms with Crippen LogP contribution in [0.1, 0.15) is 13.3 Å². The first-order valence-corrected chi connectivity index (χ1v) is 4.74. The van der Waals surface area contributed by atoms with Crippen molar-refractivity contribution in [2.45, 2.75) is 13.3 Å². The summed E-state index contributed by atoms with van der Waals surface area (Å²) in [6, 6.07) is 4.88. The Morgan fingerprint density at radius 2 is 2.38 bits per heavy atom. The normalized spacial score (nSPS) is 9.12. The largest absolute Gasteiger partial charge is 0.496 e. The number of nitrogens with one attached hydrogen (secondary N) is 1. The highest BCUT2D eigenvalue weighted by atomic mass is 16.5. The van der Waals surface area contributed by atoms with Crippen molar-refractivity contribution in [3.8, 4) is 5.75 Å². The Bertz CT molecular complexity index is 438. The van der Waals surface area contributed by atoms with Crippen molar-refractivity contribution in [2.75, 3.05) is 12.4 Å². The molecule has 0 fully saturated rings. The van der Waals surface area contributed by atoms with E-state index in [-0.39, 0.29) is 5.91 Å². The predicted octanol–water partition coefficient (Wildman–Crippen LogP) is 2.99. The quantitative estimate of drug-likeness (QED) is 0.480. The first kappa shape index (κ1) is 11.9. The first-order valence-electron chi connectivity index (χ1n) is 4.74. The molecule has 16 heavy (non-hydrogen) atoms. The Kier molecular flexibility index (Phi) is 4.17. The van der Waals surface area contributed by atoms with Crippen LogP contribution in [0.5, 0.6) is 5.75 Å². The van der Waals surface area contributed by atoms with Gasteiger partial charge in [-0.15, -0.1) is 0 Å². The summed E-state index contributed by atoms with van der Waals surface area (Å²) in [5.74, 6) is 0.365. The Morgan fingerprint density at radius 1 is 1.62 bits per heavy atom. The fraction of sp³-hybridized carbons (Fsp3) is 0.300. The van der Waals surface area contributed by atoms with Gasteiger partial charge >= 0.3 is 0 Å². The van der Waals surface area contributed by atoms with E-state index in [1.807, 2.05) is 0 Å². The van der Waals surface area contributed by atoms with E-state index in [0.717, 1.165) is 0 Å². The van der Waals surface area contributed by atoms with Crippen LogP contribution in [0.15, 0.2) is 23.3 Å². The average Bonchev–Trinajstić information content (AvgIpc) is 2.30. The predicted molar refractivity (Wildman–Crippen MR) is 60.7 cm³/mol. The van der Waals surface area contributed by atoms with E-state index in [1.165, 1.54) is 7.11 Å². The van der Waals surface area contributed by atoms with E-state index < -0.39 is 0 Å². The van der Waals surface area contributed by atoms with Gasteiger partial charge in [-0.25, -0.2) is 0 Å². The molecule has 1 aromatic carbocycles. The smallest absolute Gasteiger partial charge is 0.224 e. The van der Waals surface area contributed by atoms with Crippen molar-refractivity contribution in [1.29, 1.82) is 0 Å². The summed E-state index contributed by atoms with van der Waals surface area (Å²) in [4.78, 5) is 13.8. The van der Waals surface area contributed by atoms with Gasteiger partial charge in [-0.3, -0.25) is 4.79 Å². The molecule has 0 aliphatic heterocycles. The molecule has 0 aliphatic rings. The molecule has 1 aromatic rings. The molecule has 1 amide bonds. The van der Waals surface area contributed by atoms with Gasteiger partial charge in [0.05, 0.1) is 12.8 Å². The van der Waals surface area contributed by atoms with Crippen LogP contribution in [0.4, 0.5) is 11.4 Å². The number of rotatable bonds is 4. The zero-order valence-corrected chi connectivity index (χ0v) is 9.10. The third-order valence-corrected chi connectivity index (χ3v) is 1.94. The zero-order chi connectivity index (χ0) is 12.0. The van der Waals surface area contributed by atoms with Crippen molar-refractivity contribution in [3.05, 3.63) is 28.6 Å². The van der Waals surface area contributed by atoms with E-state index >= 15 is 0 Å². The van der Waals surface area contributed by atoms with Crippen LogP contribution in [0.25, 0.3) is 10.4 Å². The lowest BCUT2D eigenvalue weighted by atomic mass is 10.2. The highest BCUT2D eigenvalue weighted by molar-refractivity contribution is 5.91. The van der Waals surface area contributed by atoms with Gasteiger partial charge in [0.15, 0.2) is 0 Å². The number of carbonyl (C=O) groups is 1. The van der Waals surface area contributed by atoms with E-state index in [2.05, 4.69) is 15.3 Å². The van der Waals surface area contributed by atoms with Gasteiger partial charge < -0.3 is 10.1 Å². The van der Waals surface area contributed by atoms with Gasteiger partial charge in [-0.2, -0.15) is 0 Å². The number of anilines is 1. The Morgan fingerprint density at radius 3 is 2.94 bits per heavy atom. The summed E-state index contributed by atoms with van der Waals surface area (Å²) in [6.45, 7) is 1.76. The highest BCUT2D eigenvalue weighted by Gasteiger charge is 2.04. The van der Waals surface area contributed by atoms with Crippen molar-refractivity contribution in [2.24, 2.45) is 5.11 Å². The van der Waals surface area contributed by atoms with E-state index in [4.69, 9.17) is 10.3 Å². The molecule has 0 aromatic heterocycles. The maximum atomic E-state index is 11.2. The van der Waals surface area contributed by atoms with Crippen LogP contribution in [-0.4, -0.2) is 13.0 Å². The van der Waals surface area contributed by atoms with E-state index in [0.29, 0.717) is 23.5 Å². The van der Waals surface area contributed by atoms with Gasteiger partial charge in [0, 0.05) is 17.0 Å². The van der Waals surface area contributed by atoms with Gasteiger partial charge in [0.2, 0.25) is 5.91 Å². The fourth-order valence-corrected chi connectivity index (χ4v) is 1.14. The Hall–Kier alpha value is -2.20. The van der Waals surface area contributed by atoms with Crippen molar-refractivity contribution >= 4 is 17.3 Å². The molecule has 1 rings (SSSR count). The number of hydrogen-bond donors (Lipinski definition) is 1. The molecule has 0 radical (unpaired) electrons. The number of methoxy groups -OCH3 is 1. The van der Waals surface area contributed by atoms with Crippen LogP contribution in [0.3, 0.4) is 0 Å². The Labute approximate surface area is 92.8 Å². The number of amides is 1. The molecule has 0 unspecified atom stereocenters. The molecule has 0 saturated heterocycles. The second-order valence-corrected chi connectivity index (χ2v) is 2.98. The third-order valence-electron chi connectivity index (χ3n) is 1.94. The minimum absolute atomic E-state index is 0.0999. The lowest BCUT2D eigenvalue weighted by molar-refractivity contribution is -0.115. The lowest BCUT2D eigenvalue weighted by Gasteiger charge is -2.07. The molecule has 1 N–H and O–H groups in total. The van der Waals surface area contributed by atoms with E-state index in [1.54, 1.807) is 25.1 Å². The number of carbonyl (C=O) groups excluding carboxylic acids is 1. The van der Waals surface area contributed by atoms with Crippen molar-refractivity contribution in [1.82, 2.24) is 0 Å². The average molecular weight is 220 g/mol. The second kappa shape index (κ2) is 5.63. The van der Waals surface area contributed by atoms with Crippen molar-refractivity contribution in [3.63, 3.8) is 0 Å². The van der Waals surface area contributed by atoms with Crippen LogP contribution >= 0.6 is 0 Å². The van der Waals surface area contributed by atoms with Crippen LogP contribution in [0, 0.1) is 0 Å². The molecule has 0 atom stereocenters. The van der Waals surface area contributed by atoms with Crippen LogP contribution in [0.2, 0.25) is 0 Å². The number of benzene rings is 1. The number of hydrogen-bond acceptors (Lipinski definition) is 3. The molecular weight excluding hydrogens is 208 g/mol. The summed E-state index contributed by atoms with van der Waals surface area (Å²) in [6.07, 6.45) is 0.392. The third kappa shape index (κ3) is 2.90. The monoisotopic (exact) mass is 220 g/mol. The van der Waals surface area contributed by atoms with Crippen molar-refractivity contribution < 1.29 is 9.53 Å². The lowest BCUT2D eigenvalue weighted by Crippen LogP contribution is -2.09. The molecular formula is C10H12N4O2. The van der Waals surface area contributed by atoms with Gasteiger partial charge in [-0.1, -0.05) is 12.0 Å². The summed E-state index contributed by atoms with van der Waals surface area (Å²) in [7, 11) is 1.48. The molecule has 0 bridgehead atoms. The first-order chi connectivity index (χ1) is 7.71. The summed E-state index contributed by atoms with van der Waals surface area (Å²) >= 11 is 0. The molecule has 0 saturated carbocycles. The zero-order valence-electron chi connectivity index (χ0n) is 9.10. The standard InChI is InChI=1S/C10H12N4O2/c1-3-10(15)12-7-4-5-9(16-2)8(6-7)13-14-11/h4-6H,3H2,1-2H3,(H,12,15). The molecule has 6 nitrogen and oxygen atoms in total. The molecule has 0 spiro atoms. The van der Waals surface area contributed by atoms with Gasteiger partial charge in [-0.05, 0) is 23.7 Å². The number of azide groups is 1. The maximum Gasteiger partial charge on any atom is 0.224 e. The topological polar surface area (TPSA) is 87.1 Å².